The van der Waals surface area contributed by atoms with E-state index in [4.69, 9.17) is 18.6 Å². The lowest BCUT2D eigenvalue weighted by Crippen LogP contribution is -2.38. The molecule has 0 radical (unpaired) electrons. The largest absolute Gasteiger partial charge is 0.507 e. The maximum absolute atomic E-state index is 13.1. The van der Waals surface area contributed by atoms with Crippen LogP contribution in [0.1, 0.15) is 29.5 Å². The highest BCUT2D eigenvalue weighted by atomic mass is 16.5. The predicted octanol–water partition coefficient (Wildman–Crippen LogP) is 2.75. The Morgan fingerprint density at radius 3 is 2.44 bits per heavy atom. The maximum Gasteiger partial charge on any atom is 0.295 e. The van der Waals surface area contributed by atoms with Gasteiger partial charge in [0, 0.05) is 31.7 Å². The summed E-state index contributed by atoms with van der Waals surface area (Å²) in [6.45, 7) is 6.02. The number of hydrogen-bond donors (Lipinski definition) is 1. The van der Waals surface area contributed by atoms with Crippen LogP contribution in [0.2, 0.25) is 0 Å². The van der Waals surface area contributed by atoms with Crippen LogP contribution in [0.15, 0.2) is 40.3 Å². The van der Waals surface area contributed by atoms with Crippen molar-refractivity contribution >= 4 is 17.4 Å². The molecular weight excluding hydrogens is 440 g/mol. The van der Waals surface area contributed by atoms with Crippen LogP contribution in [-0.4, -0.2) is 80.2 Å². The number of amides is 1. The SMILES string of the molecule is COc1ccc(C(O)=C2C(=O)C(=O)N(CCCN3CCOCC3)C2c2ccc(C)o2)cc1OC. The van der Waals surface area contributed by atoms with Gasteiger partial charge in [0.15, 0.2) is 11.5 Å². The number of ether oxygens (including phenoxy) is 3. The van der Waals surface area contributed by atoms with E-state index in [1.54, 1.807) is 37.3 Å². The average Bonchev–Trinajstić information content (AvgIpc) is 3.39. The van der Waals surface area contributed by atoms with Crippen molar-refractivity contribution in [2.24, 2.45) is 0 Å². The number of nitrogens with zero attached hydrogens (tertiary/aromatic N) is 2. The first-order chi connectivity index (χ1) is 16.4. The van der Waals surface area contributed by atoms with Crippen LogP contribution in [0.25, 0.3) is 5.76 Å². The van der Waals surface area contributed by atoms with Crippen LogP contribution in [0.5, 0.6) is 11.5 Å². The number of Topliss-reactive ketones (excluding diaryl/α,β-unsaturated/α-hetero) is 1. The Kier molecular flexibility index (Phi) is 7.23. The molecule has 1 aromatic carbocycles. The molecule has 1 unspecified atom stereocenters. The summed E-state index contributed by atoms with van der Waals surface area (Å²) in [7, 11) is 3.00. The number of hydrogen-bond acceptors (Lipinski definition) is 8. The Labute approximate surface area is 198 Å². The maximum atomic E-state index is 13.1. The fraction of sp³-hybridized carbons (Fsp3) is 0.440. The molecule has 182 valence electrons. The normalized spacial score (nSPS) is 20.7. The zero-order valence-corrected chi connectivity index (χ0v) is 19.7. The number of furan rings is 1. The first-order valence-electron chi connectivity index (χ1n) is 11.3. The molecule has 0 bridgehead atoms. The highest BCUT2D eigenvalue weighted by Gasteiger charge is 2.47. The Bertz CT molecular complexity index is 1080. The van der Waals surface area contributed by atoms with E-state index in [2.05, 4.69) is 4.90 Å². The van der Waals surface area contributed by atoms with Crippen molar-refractivity contribution < 1.29 is 33.3 Å². The van der Waals surface area contributed by atoms with E-state index >= 15 is 0 Å². The fourth-order valence-corrected chi connectivity index (χ4v) is 4.44. The van der Waals surface area contributed by atoms with Gasteiger partial charge in [-0.1, -0.05) is 0 Å². The minimum absolute atomic E-state index is 0.00191. The Hall–Kier alpha value is -3.30. The van der Waals surface area contributed by atoms with E-state index in [-0.39, 0.29) is 11.3 Å². The van der Waals surface area contributed by atoms with Gasteiger partial charge >= 0.3 is 0 Å². The molecule has 2 aliphatic rings. The highest BCUT2D eigenvalue weighted by molar-refractivity contribution is 6.46. The van der Waals surface area contributed by atoms with Crippen molar-refractivity contribution in [3.63, 3.8) is 0 Å². The number of methoxy groups -OCH3 is 2. The topological polar surface area (TPSA) is 102 Å². The summed E-state index contributed by atoms with van der Waals surface area (Å²) >= 11 is 0. The molecule has 4 rings (SSSR count). The van der Waals surface area contributed by atoms with Crippen molar-refractivity contribution in [3.05, 3.63) is 53.0 Å². The smallest absolute Gasteiger partial charge is 0.295 e. The van der Waals surface area contributed by atoms with E-state index in [0.29, 0.717) is 54.8 Å². The van der Waals surface area contributed by atoms with E-state index in [0.717, 1.165) is 19.6 Å². The lowest BCUT2D eigenvalue weighted by atomic mass is 9.99. The Morgan fingerprint density at radius 2 is 1.79 bits per heavy atom. The molecule has 9 heteroatoms. The van der Waals surface area contributed by atoms with Gasteiger partial charge in [-0.15, -0.1) is 0 Å². The van der Waals surface area contributed by atoms with Gasteiger partial charge in [-0.05, 0) is 43.7 Å². The number of likely N-dealkylation sites (tertiary alicyclic amines) is 1. The number of aryl methyl sites for hydroxylation is 1. The van der Waals surface area contributed by atoms with Crippen molar-refractivity contribution in [1.82, 2.24) is 9.80 Å². The van der Waals surface area contributed by atoms with Gasteiger partial charge in [0.05, 0.1) is 33.0 Å². The molecule has 34 heavy (non-hydrogen) atoms. The average molecular weight is 471 g/mol. The summed E-state index contributed by atoms with van der Waals surface area (Å²) in [6, 6.07) is 7.53. The van der Waals surface area contributed by atoms with Gasteiger partial charge in [0.2, 0.25) is 0 Å². The molecule has 3 heterocycles. The second-order valence-electron chi connectivity index (χ2n) is 8.32. The summed E-state index contributed by atoms with van der Waals surface area (Å²) < 4.78 is 21.8. The third-order valence-electron chi connectivity index (χ3n) is 6.20. The minimum Gasteiger partial charge on any atom is -0.507 e. The van der Waals surface area contributed by atoms with Gasteiger partial charge in [0.25, 0.3) is 11.7 Å². The van der Waals surface area contributed by atoms with Gasteiger partial charge < -0.3 is 28.6 Å². The molecule has 1 aromatic heterocycles. The molecule has 2 saturated heterocycles. The molecule has 9 nitrogen and oxygen atoms in total. The number of carbonyl (C=O) groups excluding carboxylic acids is 2. The first-order valence-corrected chi connectivity index (χ1v) is 11.3. The molecule has 1 amide bonds. The van der Waals surface area contributed by atoms with E-state index < -0.39 is 17.7 Å². The number of aliphatic hydroxyl groups is 1. The van der Waals surface area contributed by atoms with Crippen LogP contribution >= 0.6 is 0 Å². The van der Waals surface area contributed by atoms with Crippen molar-refractivity contribution in [2.75, 3.05) is 53.6 Å². The summed E-state index contributed by atoms with van der Waals surface area (Å²) in [5.41, 5.74) is 0.343. The molecule has 1 N–H and O–H groups in total. The van der Waals surface area contributed by atoms with Crippen molar-refractivity contribution in [2.45, 2.75) is 19.4 Å². The lowest BCUT2D eigenvalue weighted by Gasteiger charge is -2.28. The number of carbonyl (C=O) groups is 2. The quantitative estimate of drug-likeness (QED) is 0.357. The van der Waals surface area contributed by atoms with Gasteiger partial charge in [-0.3, -0.25) is 14.5 Å². The molecule has 2 aliphatic heterocycles. The Morgan fingerprint density at radius 1 is 1.06 bits per heavy atom. The van der Waals surface area contributed by atoms with Crippen LogP contribution in [0.3, 0.4) is 0 Å². The predicted molar refractivity (Wildman–Crippen MR) is 124 cm³/mol. The Balaban J connectivity index is 1.67. The number of aliphatic hydroxyl groups excluding tert-OH is 1. The molecule has 2 fully saturated rings. The van der Waals surface area contributed by atoms with E-state index in [1.165, 1.54) is 19.1 Å². The highest BCUT2D eigenvalue weighted by Crippen LogP contribution is 2.41. The summed E-state index contributed by atoms with van der Waals surface area (Å²) in [6.07, 6.45) is 0.680. The molecular formula is C25H30N2O7. The molecule has 0 spiro atoms. The fourth-order valence-electron chi connectivity index (χ4n) is 4.44. The standard InChI is InChI=1S/C25H30N2O7/c1-16-5-7-19(34-16)22-21(23(28)17-6-8-18(31-2)20(15-17)32-3)24(29)25(30)27(22)10-4-9-26-11-13-33-14-12-26/h5-8,15,22,28H,4,9-14H2,1-3H3. The second kappa shape index (κ2) is 10.3. The van der Waals surface area contributed by atoms with Crippen molar-refractivity contribution in [3.8, 4) is 11.5 Å². The monoisotopic (exact) mass is 470 g/mol. The molecule has 0 aliphatic carbocycles. The van der Waals surface area contributed by atoms with Gasteiger partial charge in [0.1, 0.15) is 23.3 Å². The summed E-state index contributed by atoms with van der Waals surface area (Å²) in [5.74, 6) is 0.303. The van der Waals surface area contributed by atoms with E-state index in [1.807, 2.05) is 0 Å². The summed E-state index contributed by atoms with van der Waals surface area (Å²) in [5, 5.41) is 11.2. The summed E-state index contributed by atoms with van der Waals surface area (Å²) in [4.78, 5) is 30.0. The molecule has 2 aromatic rings. The van der Waals surface area contributed by atoms with Crippen molar-refractivity contribution in [1.29, 1.82) is 0 Å². The third kappa shape index (κ3) is 4.67. The second-order valence-corrected chi connectivity index (χ2v) is 8.32. The number of benzene rings is 1. The van der Waals surface area contributed by atoms with Gasteiger partial charge in [-0.2, -0.15) is 0 Å². The zero-order chi connectivity index (χ0) is 24.2. The number of morpholine rings is 1. The third-order valence-corrected chi connectivity index (χ3v) is 6.20. The number of rotatable bonds is 8. The molecule has 0 saturated carbocycles. The number of ketones is 1. The van der Waals surface area contributed by atoms with Crippen LogP contribution in [0.4, 0.5) is 0 Å². The molecule has 1 atom stereocenters. The van der Waals surface area contributed by atoms with Crippen LogP contribution in [0, 0.1) is 6.92 Å². The zero-order valence-electron chi connectivity index (χ0n) is 19.7. The van der Waals surface area contributed by atoms with Gasteiger partial charge in [-0.25, -0.2) is 0 Å². The lowest BCUT2D eigenvalue weighted by molar-refractivity contribution is -0.140. The van der Waals surface area contributed by atoms with Crippen LogP contribution in [-0.2, 0) is 14.3 Å². The first kappa shape index (κ1) is 23.8. The van der Waals surface area contributed by atoms with E-state index in [9.17, 15) is 14.7 Å². The van der Waals surface area contributed by atoms with Crippen LogP contribution < -0.4 is 9.47 Å². The minimum atomic E-state index is -0.813.